The number of aromatic nitrogens is 1. The summed E-state index contributed by atoms with van der Waals surface area (Å²) in [5, 5.41) is 6.34. The average Bonchev–Trinajstić information content (AvgIpc) is 2.62. The molecule has 0 aliphatic rings. The van der Waals surface area contributed by atoms with Gasteiger partial charge in [-0.05, 0) is 42.7 Å². The smallest absolute Gasteiger partial charge is 0.337 e. The molecule has 138 valence electrons. The van der Waals surface area contributed by atoms with Gasteiger partial charge in [0.05, 0.1) is 23.4 Å². The maximum atomic E-state index is 12.2. The molecule has 0 atom stereocenters. The van der Waals surface area contributed by atoms with Crippen LogP contribution in [0.15, 0.2) is 36.5 Å². The van der Waals surface area contributed by atoms with Gasteiger partial charge in [0, 0.05) is 18.3 Å². The van der Waals surface area contributed by atoms with Gasteiger partial charge in [-0.3, -0.25) is 4.79 Å². The number of anilines is 2. The van der Waals surface area contributed by atoms with Crippen molar-refractivity contribution in [1.82, 2.24) is 10.3 Å². The summed E-state index contributed by atoms with van der Waals surface area (Å²) in [4.78, 5) is 28.1. The summed E-state index contributed by atoms with van der Waals surface area (Å²) in [5.74, 6) is 0.348. The second-order valence-electron chi connectivity index (χ2n) is 6.18. The third kappa shape index (κ3) is 5.46. The van der Waals surface area contributed by atoms with Crippen molar-refractivity contribution in [3.05, 3.63) is 52.7 Å². The van der Waals surface area contributed by atoms with Crippen LogP contribution in [-0.2, 0) is 4.74 Å². The van der Waals surface area contributed by atoms with E-state index in [1.54, 1.807) is 30.3 Å². The first-order valence-electron chi connectivity index (χ1n) is 8.30. The lowest BCUT2D eigenvalue weighted by Gasteiger charge is -2.11. The third-order valence-electron chi connectivity index (χ3n) is 3.68. The predicted molar refractivity (Wildman–Crippen MR) is 102 cm³/mol. The Morgan fingerprint density at radius 1 is 1.19 bits per heavy atom. The van der Waals surface area contributed by atoms with E-state index in [1.165, 1.54) is 13.3 Å². The van der Waals surface area contributed by atoms with E-state index < -0.39 is 5.97 Å². The summed E-state index contributed by atoms with van der Waals surface area (Å²) in [6, 6.07) is 8.02. The van der Waals surface area contributed by atoms with Crippen LogP contribution in [0.4, 0.5) is 11.5 Å². The molecule has 0 spiro atoms. The number of ether oxygens (including phenoxy) is 1. The molecule has 1 heterocycles. The minimum Gasteiger partial charge on any atom is -0.465 e. The number of hydrogen-bond donors (Lipinski definition) is 2. The fourth-order valence-corrected chi connectivity index (χ4v) is 2.39. The van der Waals surface area contributed by atoms with Crippen molar-refractivity contribution in [1.29, 1.82) is 0 Å². The van der Waals surface area contributed by atoms with Gasteiger partial charge in [0.15, 0.2) is 0 Å². The summed E-state index contributed by atoms with van der Waals surface area (Å²) in [7, 11) is 1.31. The zero-order valence-corrected chi connectivity index (χ0v) is 15.8. The molecule has 0 fully saturated rings. The van der Waals surface area contributed by atoms with Crippen LogP contribution >= 0.6 is 11.6 Å². The van der Waals surface area contributed by atoms with Gasteiger partial charge < -0.3 is 15.4 Å². The fraction of sp³-hybridized carbons (Fsp3) is 0.316. The molecule has 1 aromatic carbocycles. The molecule has 0 unspecified atom stereocenters. The van der Waals surface area contributed by atoms with E-state index >= 15 is 0 Å². The highest BCUT2D eigenvalue weighted by Crippen LogP contribution is 2.26. The van der Waals surface area contributed by atoms with Gasteiger partial charge in [0.25, 0.3) is 5.91 Å². The lowest BCUT2D eigenvalue weighted by Crippen LogP contribution is -2.25. The van der Waals surface area contributed by atoms with Crippen LogP contribution in [0.25, 0.3) is 0 Å². The number of nitrogens with one attached hydrogen (secondary N) is 2. The molecule has 0 bridgehead atoms. The Morgan fingerprint density at radius 3 is 2.65 bits per heavy atom. The lowest BCUT2D eigenvalue weighted by atomic mass is 10.1. The summed E-state index contributed by atoms with van der Waals surface area (Å²) >= 11 is 6.17. The monoisotopic (exact) mass is 375 g/mol. The molecule has 0 aliphatic heterocycles. The molecule has 2 N–H and O–H groups in total. The lowest BCUT2D eigenvalue weighted by molar-refractivity contribution is 0.0600. The normalized spacial score (nSPS) is 10.5. The molecule has 1 amide bonds. The number of carbonyl (C=O) groups excluding carboxylic acids is 2. The maximum Gasteiger partial charge on any atom is 0.337 e. The van der Waals surface area contributed by atoms with E-state index in [1.807, 2.05) is 0 Å². The molecule has 2 aromatic rings. The van der Waals surface area contributed by atoms with Gasteiger partial charge in [-0.25, -0.2) is 9.78 Å². The van der Waals surface area contributed by atoms with Crippen molar-refractivity contribution >= 4 is 35.0 Å². The number of methoxy groups -OCH3 is 1. The molecule has 6 nitrogen and oxygen atoms in total. The molecular weight excluding hydrogens is 354 g/mol. The Labute approximate surface area is 157 Å². The molecule has 0 saturated carbocycles. The van der Waals surface area contributed by atoms with E-state index in [0.29, 0.717) is 40.1 Å². The number of rotatable bonds is 7. The zero-order valence-electron chi connectivity index (χ0n) is 15.0. The first kappa shape index (κ1) is 19.7. The maximum absolute atomic E-state index is 12.2. The highest BCUT2D eigenvalue weighted by molar-refractivity contribution is 6.33. The topological polar surface area (TPSA) is 80.3 Å². The van der Waals surface area contributed by atoms with Crippen molar-refractivity contribution in [2.24, 2.45) is 5.92 Å². The van der Waals surface area contributed by atoms with Gasteiger partial charge in [-0.15, -0.1) is 0 Å². The Morgan fingerprint density at radius 2 is 1.96 bits per heavy atom. The van der Waals surface area contributed by atoms with Crippen LogP contribution in [0.1, 0.15) is 41.0 Å². The Hall–Kier alpha value is -2.60. The second-order valence-corrected chi connectivity index (χ2v) is 6.59. The Bertz CT molecular complexity index is 793. The average molecular weight is 376 g/mol. The van der Waals surface area contributed by atoms with Crippen LogP contribution in [-0.4, -0.2) is 30.5 Å². The van der Waals surface area contributed by atoms with Crippen molar-refractivity contribution in [3.63, 3.8) is 0 Å². The minimum atomic E-state index is -0.462. The summed E-state index contributed by atoms with van der Waals surface area (Å²) < 4.78 is 4.71. The largest absolute Gasteiger partial charge is 0.465 e. The quantitative estimate of drug-likeness (QED) is 0.714. The number of amides is 1. The highest BCUT2D eigenvalue weighted by atomic mass is 35.5. The number of pyridine rings is 1. The number of nitrogens with zero attached hydrogens (tertiary/aromatic N) is 1. The summed E-state index contributed by atoms with van der Waals surface area (Å²) in [6.07, 6.45) is 2.45. The van der Waals surface area contributed by atoms with Gasteiger partial charge in [-0.1, -0.05) is 25.4 Å². The minimum absolute atomic E-state index is 0.162. The van der Waals surface area contributed by atoms with Crippen LogP contribution in [0, 0.1) is 5.92 Å². The molecule has 0 aliphatic carbocycles. The first-order valence-corrected chi connectivity index (χ1v) is 8.67. The number of hydrogen-bond acceptors (Lipinski definition) is 5. The van der Waals surface area contributed by atoms with E-state index in [2.05, 4.69) is 29.5 Å². The van der Waals surface area contributed by atoms with Gasteiger partial charge in [0.2, 0.25) is 0 Å². The van der Waals surface area contributed by atoms with Crippen molar-refractivity contribution in [2.45, 2.75) is 20.3 Å². The second kappa shape index (κ2) is 9.20. The van der Waals surface area contributed by atoms with Crippen LogP contribution in [0.2, 0.25) is 5.02 Å². The molecular formula is C19H22ClN3O3. The van der Waals surface area contributed by atoms with Gasteiger partial charge in [0.1, 0.15) is 5.82 Å². The van der Waals surface area contributed by atoms with Crippen LogP contribution in [0.5, 0.6) is 0 Å². The molecule has 1 aromatic heterocycles. The summed E-state index contributed by atoms with van der Waals surface area (Å²) in [6.45, 7) is 4.83. The van der Waals surface area contributed by atoms with E-state index in [4.69, 9.17) is 16.3 Å². The third-order valence-corrected chi connectivity index (χ3v) is 4.01. The van der Waals surface area contributed by atoms with Crippen molar-refractivity contribution in [2.75, 3.05) is 19.0 Å². The molecule has 0 saturated heterocycles. The zero-order chi connectivity index (χ0) is 19.1. The van der Waals surface area contributed by atoms with Crippen LogP contribution < -0.4 is 10.6 Å². The van der Waals surface area contributed by atoms with Gasteiger partial charge >= 0.3 is 5.97 Å². The number of esters is 1. The standard InChI is InChI=1S/C19H22ClN3O3/c1-12(2)6-8-22-18(24)13-7-9-21-17(11-13)23-16-10-14(19(25)26-3)4-5-15(16)20/h4-5,7,9-12H,6,8H2,1-3H3,(H,21,23)(H,22,24). The molecule has 26 heavy (non-hydrogen) atoms. The van der Waals surface area contributed by atoms with E-state index in [0.717, 1.165) is 6.42 Å². The molecule has 2 rings (SSSR count). The van der Waals surface area contributed by atoms with E-state index in [9.17, 15) is 9.59 Å². The Kier molecular flexibility index (Phi) is 6.97. The Balaban J connectivity index is 2.13. The van der Waals surface area contributed by atoms with Crippen LogP contribution in [0.3, 0.4) is 0 Å². The number of carbonyl (C=O) groups is 2. The molecule has 0 radical (unpaired) electrons. The number of halogens is 1. The SMILES string of the molecule is COC(=O)c1ccc(Cl)c(Nc2cc(C(=O)NCCC(C)C)ccn2)c1. The van der Waals surface area contributed by atoms with Crippen molar-refractivity contribution < 1.29 is 14.3 Å². The molecule has 7 heteroatoms. The van der Waals surface area contributed by atoms with Crippen molar-refractivity contribution in [3.8, 4) is 0 Å². The highest BCUT2D eigenvalue weighted by Gasteiger charge is 2.11. The van der Waals surface area contributed by atoms with E-state index in [-0.39, 0.29) is 5.91 Å². The first-order chi connectivity index (χ1) is 12.4. The fourth-order valence-electron chi connectivity index (χ4n) is 2.22. The van der Waals surface area contributed by atoms with Gasteiger partial charge in [-0.2, -0.15) is 0 Å². The number of benzene rings is 1. The summed E-state index contributed by atoms with van der Waals surface area (Å²) in [5.41, 5.74) is 1.35. The predicted octanol–water partition coefficient (Wildman–Crippen LogP) is 4.04.